The molecule has 1 N–H and O–H groups in total. The predicted octanol–water partition coefficient (Wildman–Crippen LogP) is 3.36. The smallest absolute Gasteiger partial charge is 0.434 e. The van der Waals surface area contributed by atoms with Gasteiger partial charge in [0.2, 0.25) is 0 Å². The Balaban J connectivity index is 2.36. The van der Waals surface area contributed by atoms with E-state index in [0.717, 1.165) is 18.6 Å². The van der Waals surface area contributed by atoms with E-state index in [-0.39, 0.29) is 5.15 Å². The van der Waals surface area contributed by atoms with Crippen LogP contribution < -0.4 is 5.32 Å². The van der Waals surface area contributed by atoms with Gasteiger partial charge >= 0.3 is 12.1 Å². The molecule has 1 amide bonds. The van der Waals surface area contributed by atoms with Crippen LogP contribution in [0.1, 0.15) is 48.2 Å². The number of ether oxygens (including phenoxy) is 1. The lowest BCUT2D eigenvalue weighted by atomic mass is 9.81. The van der Waals surface area contributed by atoms with Crippen LogP contribution in [0.25, 0.3) is 0 Å². The van der Waals surface area contributed by atoms with Crippen LogP contribution in [0, 0.1) is 0 Å². The monoisotopic (exact) mass is 364 g/mol. The largest absolute Gasteiger partial charge is 0.467 e. The Hall–Kier alpha value is -1.83. The van der Waals surface area contributed by atoms with Gasteiger partial charge in [-0.2, -0.15) is 13.2 Å². The molecule has 0 unspecified atom stereocenters. The molecule has 0 spiro atoms. The lowest BCUT2D eigenvalue weighted by Gasteiger charge is -2.35. The molecular weight excluding hydrogens is 349 g/mol. The van der Waals surface area contributed by atoms with Gasteiger partial charge in [-0.3, -0.25) is 4.79 Å². The van der Waals surface area contributed by atoms with Crippen LogP contribution in [0.5, 0.6) is 0 Å². The zero-order chi connectivity index (χ0) is 18.0. The summed E-state index contributed by atoms with van der Waals surface area (Å²) in [5, 5.41) is 2.06. The molecule has 1 saturated carbocycles. The molecule has 132 valence electrons. The number of hydrogen-bond acceptors (Lipinski definition) is 4. The van der Waals surface area contributed by atoms with Crippen molar-refractivity contribution in [1.29, 1.82) is 0 Å². The fraction of sp³-hybridized carbons (Fsp3) is 0.533. The van der Waals surface area contributed by atoms with Crippen molar-refractivity contribution in [3.8, 4) is 0 Å². The van der Waals surface area contributed by atoms with E-state index >= 15 is 0 Å². The lowest BCUT2D eigenvalue weighted by Crippen LogP contribution is -2.56. The average Bonchev–Trinajstić information content (AvgIpc) is 2.53. The maximum absolute atomic E-state index is 13.1. The highest BCUT2D eigenvalue weighted by Crippen LogP contribution is 2.33. The summed E-state index contributed by atoms with van der Waals surface area (Å²) < 4.78 is 44.0. The molecule has 9 heteroatoms. The van der Waals surface area contributed by atoms with Crippen LogP contribution >= 0.6 is 11.6 Å². The van der Waals surface area contributed by atoms with Gasteiger partial charge < -0.3 is 10.1 Å². The van der Waals surface area contributed by atoms with E-state index in [2.05, 4.69) is 10.3 Å². The number of alkyl halides is 3. The van der Waals surface area contributed by atoms with Crippen molar-refractivity contribution in [2.75, 3.05) is 7.11 Å². The molecule has 5 nitrogen and oxygen atoms in total. The summed E-state index contributed by atoms with van der Waals surface area (Å²) in [7, 11) is 1.18. The molecule has 0 radical (unpaired) electrons. The normalized spacial score (nSPS) is 17.2. The molecular formula is C15H16ClF3N2O3. The summed E-state index contributed by atoms with van der Waals surface area (Å²) >= 11 is 5.50. The van der Waals surface area contributed by atoms with Crippen LogP contribution in [0.4, 0.5) is 13.2 Å². The molecule has 2 rings (SSSR count). The zero-order valence-electron chi connectivity index (χ0n) is 12.9. The summed E-state index contributed by atoms with van der Waals surface area (Å²) in [5.74, 6) is -1.69. The molecule has 1 aromatic heterocycles. The minimum Gasteiger partial charge on any atom is -0.467 e. The first kappa shape index (κ1) is 18.5. The van der Waals surface area contributed by atoms with E-state index in [1.54, 1.807) is 0 Å². The maximum atomic E-state index is 13.1. The number of esters is 1. The van der Waals surface area contributed by atoms with Gasteiger partial charge in [0, 0.05) is 0 Å². The second-order valence-electron chi connectivity index (χ2n) is 5.62. The maximum Gasteiger partial charge on any atom is 0.434 e. The van der Waals surface area contributed by atoms with Crippen molar-refractivity contribution in [3.63, 3.8) is 0 Å². The SMILES string of the molecule is COC(=O)C1(NC(=O)c2ccc(Cl)nc2C(F)(F)F)CCCCC1. The second-order valence-corrected chi connectivity index (χ2v) is 6.00. The van der Waals surface area contributed by atoms with Crippen LogP contribution in [0.3, 0.4) is 0 Å². The number of carbonyl (C=O) groups excluding carboxylic acids is 2. The minimum atomic E-state index is -4.84. The molecule has 1 aliphatic rings. The number of nitrogens with one attached hydrogen (secondary N) is 1. The number of carbonyl (C=O) groups is 2. The molecule has 1 aromatic rings. The van der Waals surface area contributed by atoms with Gasteiger partial charge in [0.1, 0.15) is 10.7 Å². The fourth-order valence-corrected chi connectivity index (χ4v) is 3.00. The Labute approximate surface area is 141 Å². The molecule has 24 heavy (non-hydrogen) atoms. The average molecular weight is 365 g/mol. The molecule has 1 heterocycles. The number of halogens is 4. The fourth-order valence-electron chi connectivity index (χ4n) is 2.85. The van der Waals surface area contributed by atoms with E-state index in [9.17, 15) is 22.8 Å². The Bertz CT molecular complexity index is 643. The van der Waals surface area contributed by atoms with Crippen molar-refractivity contribution >= 4 is 23.5 Å². The third kappa shape index (κ3) is 3.80. The molecule has 1 aliphatic carbocycles. The van der Waals surface area contributed by atoms with Gasteiger partial charge in [-0.05, 0) is 25.0 Å². The molecule has 0 aromatic carbocycles. The van der Waals surface area contributed by atoms with Crippen molar-refractivity contribution in [1.82, 2.24) is 10.3 Å². The third-order valence-corrected chi connectivity index (χ3v) is 4.22. The van der Waals surface area contributed by atoms with Gasteiger partial charge in [0.05, 0.1) is 12.7 Å². The molecule has 0 atom stereocenters. The Morgan fingerprint density at radius 1 is 1.25 bits per heavy atom. The number of pyridine rings is 1. The van der Waals surface area contributed by atoms with Crippen LogP contribution in [0.15, 0.2) is 12.1 Å². The van der Waals surface area contributed by atoms with Gasteiger partial charge in [0.25, 0.3) is 5.91 Å². The highest BCUT2D eigenvalue weighted by atomic mass is 35.5. The predicted molar refractivity (Wildman–Crippen MR) is 79.5 cm³/mol. The number of rotatable bonds is 3. The molecule has 0 saturated heterocycles. The Morgan fingerprint density at radius 2 is 1.88 bits per heavy atom. The third-order valence-electron chi connectivity index (χ3n) is 4.01. The van der Waals surface area contributed by atoms with Gasteiger partial charge in [-0.1, -0.05) is 30.9 Å². The Morgan fingerprint density at radius 3 is 2.42 bits per heavy atom. The van der Waals surface area contributed by atoms with Gasteiger partial charge in [-0.25, -0.2) is 9.78 Å². The van der Waals surface area contributed by atoms with Crippen LogP contribution in [0.2, 0.25) is 5.15 Å². The standard InChI is InChI=1S/C15H16ClF3N2O3/c1-24-13(23)14(7-3-2-4-8-14)21-12(22)9-5-6-10(16)20-11(9)15(17,18)19/h5-6H,2-4,7-8H2,1H3,(H,21,22). The molecule has 1 fully saturated rings. The van der Waals surface area contributed by atoms with Crippen LogP contribution in [-0.4, -0.2) is 29.5 Å². The topological polar surface area (TPSA) is 68.3 Å². The highest BCUT2D eigenvalue weighted by molar-refractivity contribution is 6.29. The number of nitrogens with zero attached hydrogens (tertiary/aromatic N) is 1. The first-order valence-electron chi connectivity index (χ1n) is 7.34. The van der Waals surface area contributed by atoms with Gasteiger partial charge in [-0.15, -0.1) is 0 Å². The minimum absolute atomic E-state index is 0.313. The van der Waals surface area contributed by atoms with Crippen LogP contribution in [-0.2, 0) is 15.7 Å². The van der Waals surface area contributed by atoms with E-state index in [1.165, 1.54) is 7.11 Å². The Kier molecular flexibility index (Phi) is 5.37. The van der Waals surface area contributed by atoms with Gasteiger partial charge in [0.15, 0.2) is 5.69 Å². The quantitative estimate of drug-likeness (QED) is 0.659. The van der Waals surface area contributed by atoms with E-state index in [4.69, 9.17) is 16.3 Å². The van der Waals surface area contributed by atoms with Crippen molar-refractivity contribution in [2.45, 2.75) is 43.8 Å². The molecule has 0 bridgehead atoms. The van der Waals surface area contributed by atoms with E-state index in [0.29, 0.717) is 25.7 Å². The van der Waals surface area contributed by atoms with Crippen molar-refractivity contribution < 1.29 is 27.5 Å². The summed E-state index contributed by atoms with van der Waals surface area (Å²) in [6, 6.07) is 2.04. The van der Waals surface area contributed by atoms with Crippen molar-refractivity contribution in [2.24, 2.45) is 0 Å². The summed E-state index contributed by atoms with van der Waals surface area (Å²) in [4.78, 5) is 27.7. The van der Waals surface area contributed by atoms with E-state index < -0.39 is 34.8 Å². The number of aromatic nitrogens is 1. The van der Waals surface area contributed by atoms with Crippen molar-refractivity contribution in [3.05, 3.63) is 28.5 Å². The first-order chi connectivity index (χ1) is 11.2. The summed E-state index contributed by atoms with van der Waals surface area (Å²) in [6.07, 6.45) is -2.00. The molecule has 0 aliphatic heterocycles. The number of amides is 1. The zero-order valence-corrected chi connectivity index (χ0v) is 13.6. The highest BCUT2D eigenvalue weighted by Gasteiger charge is 2.44. The number of methoxy groups -OCH3 is 1. The first-order valence-corrected chi connectivity index (χ1v) is 7.72. The lowest BCUT2D eigenvalue weighted by molar-refractivity contribution is -0.149. The summed E-state index contributed by atoms with van der Waals surface area (Å²) in [6.45, 7) is 0. The number of hydrogen-bond donors (Lipinski definition) is 1. The van der Waals surface area contributed by atoms with E-state index in [1.807, 2.05) is 0 Å². The summed E-state index contributed by atoms with van der Waals surface area (Å²) in [5.41, 5.74) is -3.38. The second kappa shape index (κ2) is 6.96.